The first-order valence-corrected chi connectivity index (χ1v) is 4.12. The maximum absolute atomic E-state index is 12.5. The van der Waals surface area contributed by atoms with Crippen molar-refractivity contribution in [1.82, 2.24) is 4.98 Å². The normalized spacial score (nSPS) is 10.6. The molecule has 1 heterocycles. The van der Waals surface area contributed by atoms with Crippen molar-refractivity contribution in [3.05, 3.63) is 27.4 Å². The van der Waals surface area contributed by atoms with Gasteiger partial charge >= 0.3 is 5.82 Å². The van der Waals surface area contributed by atoms with Gasteiger partial charge in [-0.2, -0.15) is 0 Å². The van der Waals surface area contributed by atoms with Gasteiger partial charge in [0.1, 0.15) is 6.20 Å². The molecule has 6 nitrogen and oxygen atoms in total. The predicted octanol–water partition coefficient (Wildman–Crippen LogP) is 1.43. The van der Waals surface area contributed by atoms with Crippen molar-refractivity contribution in [1.29, 1.82) is 0 Å². The summed E-state index contributed by atoms with van der Waals surface area (Å²) in [5.74, 6) is -1.14. The fourth-order valence-electron chi connectivity index (χ4n) is 1.23. The van der Waals surface area contributed by atoms with Gasteiger partial charge < -0.3 is 20.0 Å². The molecule has 88 valence electrons. The summed E-state index contributed by atoms with van der Waals surface area (Å²) in [7, 11) is 1.08. The van der Waals surface area contributed by atoms with E-state index < -0.39 is 35.1 Å². The van der Waals surface area contributed by atoms with E-state index in [1.54, 1.807) is 0 Å². The first-order chi connectivity index (χ1) is 7.52. The molecule has 0 unspecified atom stereocenters. The van der Waals surface area contributed by atoms with Crippen molar-refractivity contribution >= 4 is 5.82 Å². The highest BCUT2D eigenvalue weighted by Crippen LogP contribution is 2.34. The van der Waals surface area contributed by atoms with Gasteiger partial charge in [-0.05, 0) is 9.91 Å². The largest absolute Gasteiger partial charge is 0.489 e. The molecule has 0 aliphatic heterocycles. The zero-order chi connectivity index (χ0) is 12.3. The molecule has 0 aromatic carbocycles. The van der Waals surface area contributed by atoms with Crippen molar-refractivity contribution in [2.24, 2.45) is 0 Å². The van der Waals surface area contributed by atoms with E-state index >= 15 is 0 Å². The third-order valence-corrected chi connectivity index (χ3v) is 1.92. The maximum atomic E-state index is 12.5. The third kappa shape index (κ3) is 2.06. The molecular weight excluding hydrogens is 226 g/mol. The van der Waals surface area contributed by atoms with Crippen molar-refractivity contribution in [3.8, 4) is 5.75 Å². The van der Waals surface area contributed by atoms with Crippen LogP contribution in [0.5, 0.6) is 5.75 Å². The lowest BCUT2D eigenvalue weighted by Crippen LogP contribution is -2.05. The lowest BCUT2D eigenvalue weighted by atomic mass is 10.1. The van der Waals surface area contributed by atoms with E-state index in [4.69, 9.17) is 5.11 Å². The molecule has 1 aromatic heterocycles. The highest BCUT2D eigenvalue weighted by atomic mass is 19.3. The first-order valence-electron chi connectivity index (χ1n) is 4.12. The summed E-state index contributed by atoms with van der Waals surface area (Å²) < 4.78 is 29.6. The smallest absolute Gasteiger partial charge is 0.406 e. The number of hydrogen-bond donors (Lipinski definition) is 1. The van der Waals surface area contributed by atoms with E-state index in [-0.39, 0.29) is 5.56 Å². The second kappa shape index (κ2) is 4.79. The fraction of sp³-hybridized carbons (Fsp3) is 0.375. The highest BCUT2D eigenvalue weighted by Gasteiger charge is 2.27. The van der Waals surface area contributed by atoms with Crippen molar-refractivity contribution in [3.63, 3.8) is 0 Å². The van der Waals surface area contributed by atoms with Gasteiger partial charge in [0, 0.05) is 5.56 Å². The van der Waals surface area contributed by atoms with Crippen LogP contribution in [0.4, 0.5) is 14.6 Å². The molecule has 1 N–H and O–H groups in total. The Hall–Kier alpha value is -1.83. The molecule has 0 saturated heterocycles. The van der Waals surface area contributed by atoms with Crippen LogP contribution in [-0.2, 0) is 6.61 Å². The lowest BCUT2D eigenvalue weighted by molar-refractivity contribution is -0.390. The SMILES string of the molecule is COc1c([N+](=O)[O-])ncc(C(F)F)c1CO. The monoisotopic (exact) mass is 234 g/mol. The molecule has 8 heteroatoms. The number of aromatic nitrogens is 1. The zero-order valence-electron chi connectivity index (χ0n) is 8.18. The number of hydrogen-bond acceptors (Lipinski definition) is 5. The van der Waals surface area contributed by atoms with Gasteiger partial charge in [-0.25, -0.2) is 8.78 Å². The molecule has 1 aromatic rings. The van der Waals surface area contributed by atoms with Crippen LogP contribution in [0.3, 0.4) is 0 Å². The molecule has 16 heavy (non-hydrogen) atoms. The molecule has 0 spiro atoms. The molecule has 0 bridgehead atoms. The molecular formula is C8H8F2N2O4. The average molecular weight is 234 g/mol. The Morgan fingerprint density at radius 1 is 1.69 bits per heavy atom. The summed E-state index contributed by atoms with van der Waals surface area (Å²) in [6.45, 7) is -0.786. The number of aliphatic hydroxyl groups is 1. The van der Waals surface area contributed by atoms with Crippen LogP contribution in [0.1, 0.15) is 17.6 Å². The van der Waals surface area contributed by atoms with Gasteiger partial charge in [0.25, 0.3) is 6.43 Å². The van der Waals surface area contributed by atoms with Gasteiger partial charge in [-0.1, -0.05) is 0 Å². The minimum absolute atomic E-state index is 0.320. The topological polar surface area (TPSA) is 85.5 Å². The molecule has 0 saturated carbocycles. The molecule has 0 fully saturated rings. The number of ether oxygens (including phenoxy) is 1. The molecule has 0 aliphatic rings. The Morgan fingerprint density at radius 2 is 2.31 bits per heavy atom. The second-order valence-electron chi connectivity index (χ2n) is 2.76. The molecule has 0 atom stereocenters. The number of nitro groups is 1. The average Bonchev–Trinajstić information content (AvgIpc) is 2.26. The number of aliphatic hydroxyl groups excluding tert-OH is 1. The van der Waals surface area contributed by atoms with Crippen LogP contribution in [0, 0.1) is 10.1 Å². The Kier molecular flexibility index (Phi) is 3.67. The number of nitrogens with zero attached hydrogens (tertiary/aromatic N) is 2. The van der Waals surface area contributed by atoms with E-state index in [0.29, 0.717) is 6.20 Å². The Morgan fingerprint density at radius 3 is 2.69 bits per heavy atom. The summed E-state index contributed by atoms with van der Waals surface area (Å²) in [5, 5.41) is 19.4. The molecule has 0 radical (unpaired) electrons. The van der Waals surface area contributed by atoms with Crippen LogP contribution < -0.4 is 4.74 Å². The standard InChI is InChI=1S/C8H8F2N2O4/c1-16-6-5(3-13)4(7(9)10)2-11-8(6)12(14)15/h2,7,13H,3H2,1H3. The second-order valence-corrected chi connectivity index (χ2v) is 2.76. The van der Waals surface area contributed by atoms with E-state index in [9.17, 15) is 18.9 Å². The van der Waals surface area contributed by atoms with Gasteiger partial charge in [0.2, 0.25) is 5.75 Å². The number of halogens is 2. The lowest BCUT2D eigenvalue weighted by Gasteiger charge is -2.09. The maximum Gasteiger partial charge on any atom is 0.406 e. The summed E-state index contributed by atoms with van der Waals surface area (Å²) in [5.41, 5.74) is -0.899. The van der Waals surface area contributed by atoms with E-state index in [1.807, 2.05) is 0 Å². The highest BCUT2D eigenvalue weighted by molar-refractivity contribution is 5.49. The van der Waals surface area contributed by atoms with E-state index in [0.717, 1.165) is 7.11 Å². The van der Waals surface area contributed by atoms with E-state index in [1.165, 1.54) is 0 Å². The molecule has 1 rings (SSSR count). The van der Waals surface area contributed by atoms with Crippen LogP contribution in [-0.4, -0.2) is 22.1 Å². The summed E-state index contributed by atoms with van der Waals surface area (Å²) in [6, 6.07) is 0. The number of methoxy groups -OCH3 is 1. The molecule has 0 aliphatic carbocycles. The first kappa shape index (κ1) is 12.2. The Labute approximate surface area is 88.6 Å². The number of rotatable bonds is 4. The Balaban J connectivity index is 3.46. The summed E-state index contributed by atoms with van der Waals surface area (Å²) >= 11 is 0. The predicted molar refractivity (Wildman–Crippen MR) is 48.3 cm³/mol. The van der Waals surface area contributed by atoms with Gasteiger partial charge in [-0.15, -0.1) is 0 Å². The number of alkyl halides is 2. The van der Waals surface area contributed by atoms with Crippen molar-refractivity contribution < 1.29 is 23.5 Å². The zero-order valence-corrected chi connectivity index (χ0v) is 8.18. The molecule has 0 amide bonds. The minimum Gasteiger partial charge on any atom is -0.489 e. The van der Waals surface area contributed by atoms with Gasteiger partial charge in [0.05, 0.1) is 19.3 Å². The van der Waals surface area contributed by atoms with Crippen LogP contribution >= 0.6 is 0 Å². The minimum atomic E-state index is -2.88. The van der Waals surface area contributed by atoms with Crippen molar-refractivity contribution in [2.75, 3.05) is 7.11 Å². The number of pyridine rings is 1. The van der Waals surface area contributed by atoms with Gasteiger partial charge in [-0.3, -0.25) is 0 Å². The summed E-state index contributed by atoms with van der Waals surface area (Å²) in [4.78, 5) is 12.9. The Bertz CT molecular complexity index is 411. The van der Waals surface area contributed by atoms with E-state index in [2.05, 4.69) is 9.72 Å². The van der Waals surface area contributed by atoms with Crippen LogP contribution in [0.2, 0.25) is 0 Å². The van der Waals surface area contributed by atoms with Crippen LogP contribution in [0.25, 0.3) is 0 Å². The fourth-order valence-corrected chi connectivity index (χ4v) is 1.23. The quantitative estimate of drug-likeness (QED) is 0.629. The van der Waals surface area contributed by atoms with Crippen LogP contribution in [0.15, 0.2) is 6.20 Å². The summed E-state index contributed by atoms with van der Waals surface area (Å²) in [6.07, 6.45) is -2.22. The van der Waals surface area contributed by atoms with Gasteiger partial charge in [0.15, 0.2) is 0 Å². The third-order valence-electron chi connectivity index (χ3n) is 1.92. The van der Waals surface area contributed by atoms with Crippen molar-refractivity contribution in [2.45, 2.75) is 13.0 Å².